The van der Waals surface area contributed by atoms with Crippen LogP contribution in [-0.4, -0.2) is 34.0 Å². The van der Waals surface area contributed by atoms with Gasteiger partial charge in [0.15, 0.2) is 0 Å². The standard InChI is InChI=1S/C21H19Cl2FN4O2/c22-14-6-7-17(18(23)9-14)20-26-19(30-27-20)12-28-8-2-3-13(11-28)21(29)25-16-5-1-4-15(24)10-16/h1,4-7,9-10,13H,2-3,8,11-12H2,(H,25,29). The topological polar surface area (TPSA) is 71.3 Å². The SMILES string of the molecule is O=C(Nc1cccc(F)c1)C1CCCN(Cc2nc(-c3ccc(Cl)cc3Cl)no2)C1. The van der Waals surface area contributed by atoms with Crippen LogP contribution in [0.4, 0.5) is 10.1 Å². The summed E-state index contributed by atoms with van der Waals surface area (Å²) in [5.41, 5.74) is 1.10. The normalized spacial score (nSPS) is 17.1. The molecule has 0 bridgehead atoms. The smallest absolute Gasteiger partial charge is 0.241 e. The molecule has 3 aromatic rings. The van der Waals surface area contributed by atoms with Crippen molar-refractivity contribution in [3.8, 4) is 11.4 Å². The van der Waals surface area contributed by atoms with Crippen molar-refractivity contribution in [1.29, 1.82) is 0 Å². The molecule has 1 fully saturated rings. The van der Waals surface area contributed by atoms with Crippen molar-refractivity contribution in [2.75, 3.05) is 18.4 Å². The van der Waals surface area contributed by atoms with Crippen molar-refractivity contribution in [2.45, 2.75) is 19.4 Å². The molecule has 0 aliphatic carbocycles. The molecule has 1 aliphatic rings. The fourth-order valence-electron chi connectivity index (χ4n) is 3.51. The molecule has 1 N–H and O–H groups in total. The molecule has 9 heteroatoms. The Morgan fingerprint density at radius 2 is 2.13 bits per heavy atom. The first-order valence-corrected chi connectivity index (χ1v) is 10.3. The van der Waals surface area contributed by atoms with Gasteiger partial charge in [-0.05, 0) is 55.8 Å². The Hall–Kier alpha value is -2.48. The van der Waals surface area contributed by atoms with Crippen LogP contribution in [-0.2, 0) is 11.3 Å². The quantitative estimate of drug-likeness (QED) is 0.592. The average Bonchev–Trinajstić information content (AvgIpc) is 3.16. The van der Waals surface area contributed by atoms with Crippen molar-refractivity contribution in [2.24, 2.45) is 5.92 Å². The van der Waals surface area contributed by atoms with Crippen LogP contribution in [0.5, 0.6) is 0 Å². The maximum Gasteiger partial charge on any atom is 0.241 e. The number of halogens is 3. The first-order chi connectivity index (χ1) is 14.5. The van der Waals surface area contributed by atoms with Crippen LogP contribution in [0.2, 0.25) is 10.0 Å². The Bertz CT molecular complexity index is 1060. The zero-order chi connectivity index (χ0) is 21.1. The van der Waals surface area contributed by atoms with Gasteiger partial charge in [0, 0.05) is 22.8 Å². The van der Waals surface area contributed by atoms with Crippen LogP contribution in [0.3, 0.4) is 0 Å². The summed E-state index contributed by atoms with van der Waals surface area (Å²) >= 11 is 12.1. The van der Waals surface area contributed by atoms with Crippen LogP contribution >= 0.6 is 23.2 Å². The summed E-state index contributed by atoms with van der Waals surface area (Å²) in [7, 11) is 0. The number of rotatable bonds is 5. The van der Waals surface area contributed by atoms with Crippen LogP contribution in [0, 0.1) is 11.7 Å². The van der Waals surface area contributed by atoms with E-state index in [0.717, 1.165) is 19.4 Å². The van der Waals surface area contributed by atoms with Crippen LogP contribution in [0.15, 0.2) is 47.0 Å². The van der Waals surface area contributed by atoms with Gasteiger partial charge in [-0.15, -0.1) is 0 Å². The molecule has 1 aliphatic heterocycles. The molecule has 0 spiro atoms. The molecular formula is C21H19Cl2FN4O2. The summed E-state index contributed by atoms with van der Waals surface area (Å²) < 4.78 is 18.7. The van der Waals surface area contributed by atoms with E-state index >= 15 is 0 Å². The third-order valence-electron chi connectivity index (χ3n) is 4.97. The lowest BCUT2D eigenvalue weighted by Gasteiger charge is -2.30. The minimum absolute atomic E-state index is 0.121. The Labute approximate surface area is 183 Å². The van der Waals surface area contributed by atoms with E-state index in [1.54, 1.807) is 30.3 Å². The number of nitrogens with one attached hydrogen (secondary N) is 1. The van der Waals surface area contributed by atoms with E-state index in [1.807, 2.05) is 0 Å². The molecule has 0 saturated carbocycles. The summed E-state index contributed by atoms with van der Waals surface area (Å²) in [5, 5.41) is 7.77. The van der Waals surface area contributed by atoms with Gasteiger partial charge in [-0.1, -0.05) is 34.4 Å². The van der Waals surface area contributed by atoms with E-state index in [-0.39, 0.29) is 17.6 Å². The summed E-state index contributed by atoms with van der Waals surface area (Å²) in [4.78, 5) is 19.1. The Morgan fingerprint density at radius 1 is 1.27 bits per heavy atom. The maximum absolute atomic E-state index is 13.3. The number of likely N-dealkylation sites (tertiary alicyclic amines) is 1. The summed E-state index contributed by atoms with van der Waals surface area (Å²) in [6.45, 7) is 1.81. The van der Waals surface area contributed by atoms with E-state index in [9.17, 15) is 9.18 Å². The first-order valence-electron chi connectivity index (χ1n) is 9.55. The summed E-state index contributed by atoms with van der Waals surface area (Å²) in [6, 6.07) is 11.0. The van der Waals surface area contributed by atoms with Crippen LogP contribution < -0.4 is 5.32 Å². The molecule has 1 amide bonds. The fourth-order valence-corrected chi connectivity index (χ4v) is 4.01. The van der Waals surface area contributed by atoms with Crippen molar-refractivity contribution in [3.05, 3.63) is 64.2 Å². The highest BCUT2D eigenvalue weighted by atomic mass is 35.5. The highest BCUT2D eigenvalue weighted by molar-refractivity contribution is 6.36. The Morgan fingerprint density at radius 3 is 2.93 bits per heavy atom. The number of nitrogens with zero attached hydrogens (tertiary/aromatic N) is 3. The van der Waals surface area contributed by atoms with Gasteiger partial charge < -0.3 is 9.84 Å². The lowest BCUT2D eigenvalue weighted by atomic mass is 9.97. The number of hydrogen-bond acceptors (Lipinski definition) is 5. The Kier molecular flexibility index (Phi) is 6.32. The van der Waals surface area contributed by atoms with Crippen molar-refractivity contribution >= 4 is 34.8 Å². The van der Waals surface area contributed by atoms with E-state index in [0.29, 0.717) is 46.1 Å². The molecule has 2 aromatic carbocycles. The van der Waals surface area contributed by atoms with Gasteiger partial charge in [0.2, 0.25) is 17.6 Å². The number of aromatic nitrogens is 2. The first kappa shape index (κ1) is 20.8. The number of carbonyl (C=O) groups excluding carboxylic acids is 1. The summed E-state index contributed by atoms with van der Waals surface area (Å²) in [6.07, 6.45) is 1.64. The third-order valence-corrected chi connectivity index (χ3v) is 5.52. The lowest BCUT2D eigenvalue weighted by molar-refractivity contribution is -0.121. The van der Waals surface area contributed by atoms with E-state index in [1.165, 1.54) is 12.1 Å². The van der Waals surface area contributed by atoms with Crippen LogP contribution in [0.1, 0.15) is 18.7 Å². The molecule has 2 heterocycles. The molecule has 1 unspecified atom stereocenters. The van der Waals surface area contributed by atoms with Gasteiger partial charge in [-0.3, -0.25) is 9.69 Å². The molecule has 1 atom stereocenters. The molecule has 30 heavy (non-hydrogen) atoms. The molecule has 1 saturated heterocycles. The van der Waals surface area contributed by atoms with Crippen LogP contribution in [0.25, 0.3) is 11.4 Å². The zero-order valence-electron chi connectivity index (χ0n) is 15.9. The number of hydrogen-bond donors (Lipinski definition) is 1. The Balaban J connectivity index is 1.38. The maximum atomic E-state index is 13.3. The highest BCUT2D eigenvalue weighted by Gasteiger charge is 2.27. The molecule has 4 rings (SSSR count). The van der Waals surface area contributed by atoms with E-state index in [2.05, 4.69) is 20.4 Å². The number of carbonyl (C=O) groups is 1. The molecule has 0 radical (unpaired) electrons. The number of benzene rings is 2. The van der Waals surface area contributed by atoms with Gasteiger partial charge in [0.1, 0.15) is 5.82 Å². The molecule has 156 valence electrons. The van der Waals surface area contributed by atoms with Gasteiger partial charge in [0.05, 0.1) is 17.5 Å². The number of anilines is 1. The highest BCUT2D eigenvalue weighted by Crippen LogP contribution is 2.29. The van der Waals surface area contributed by atoms with Gasteiger partial charge in [0.25, 0.3) is 0 Å². The predicted octanol–water partition coefficient (Wildman–Crippen LogP) is 5.03. The third kappa shape index (κ3) is 4.98. The van der Waals surface area contributed by atoms with E-state index < -0.39 is 0 Å². The second-order valence-corrected chi connectivity index (χ2v) is 8.05. The van der Waals surface area contributed by atoms with Gasteiger partial charge in [-0.25, -0.2) is 4.39 Å². The minimum atomic E-state index is -0.383. The fraction of sp³-hybridized carbons (Fsp3) is 0.286. The second-order valence-electron chi connectivity index (χ2n) is 7.21. The largest absolute Gasteiger partial charge is 0.338 e. The van der Waals surface area contributed by atoms with Crippen molar-refractivity contribution in [1.82, 2.24) is 15.0 Å². The number of amides is 1. The predicted molar refractivity (Wildman–Crippen MR) is 113 cm³/mol. The van der Waals surface area contributed by atoms with Gasteiger partial charge >= 0.3 is 0 Å². The molecule has 1 aromatic heterocycles. The van der Waals surface area contributed by atoms with Gasteiger partial charge in [-0.2, -0.15) is 4.98 Å². The number of piperidine rings is 1. The lowest BCUT2D eigenvalue weighted by Crippen LogP contribution is -2.40. The second kappa shape index (κ2) is 9.12. The molecule has 6 nitrogen and oxygen atoms in total. The van der Waals surface area contributed by atoms with E-state index in [4.69, 9.17) is 27.7 Å². The summed E-state index contributed by atoms with van der Waals surface area (Å²) in [5.74, 6) is 0.136. The average molecular weight is 449 g/mol. The minimum Gasteiger partial charge on any atom is -0.338 e. The van der Waals surface area contributed by atoms with Crippen molar-refractivity contribution in [3.63, 3.8) is 0 Å². The zero-order valence-corrected chi connectivity index (χ0v) is 17.5. The monoisotopic (exact) mass is 448 g/mol. The molecular weight excluding hydrogens is 430 g/mol. The van der Waals surface area contributed by atoms with Crippen molar-refractivity contribution < 1.29 is 13.7 Å².